The molecule has 5 rings (SSSR count). The minimum Gasteiger partial charge on any atom is -0.0911 e. The zero-order valence-electron chi connectivity index (χ0n) is 17.7. The molecule has 0 aliphatic heterocycles. The Hall–Kier alpha value is -3.38. The van der Waals surface area contributed by atoms with Gasteiger partial charge in [-0.3, -0.25) is 0 Å². The molecule has 3 aromatic carbocycles. The van der Waals surface area contributed by atoms with Gasteiger partial charge in [0.1, 0.15) is 0 Å². The fourth-order valence-corrected chi connectivity index (χ4v) is 4.69. The van der Waals surface area contributed by atoms with Crippen molar-refractivity contribution in [2.75, 3.05) is 0 Å². The first kappa shape index (κ1) is 18.6. The van der Waals surface area contributed by atoms with Crippen molar-refractivity contribution in [3.05, 3.63) is 125 Å². The molecule has 0 radical (unpaired) electrons. The van der Waals surface area contributed by atoms with Crippen molar-refractivity contribution in [3.8, 4) is 0 Å². The van der Waals surface area contributed by atoms with E-state index in [1.54, 1.807) is 0 Å². The summed E-state index contributed by atoms with van der Waals surface area (Å²) in [7, 11) is 0. The number of rotatable bonds is 4. The molecule has 146 valence electrons. The van der Waals surface area contributed by atoms with Crippen molar-refractivity contribution in [1.29, 1.82) is 0 Å². The first-order chi connectivity index (χ1) is 14.6. The highest BCUT2D eigenvalue weighted by Gasteiger charge is 2.24. The first-order valence-electron chi connectivity index (χ1n) is 10.7. The number of allylic oxidation sites excluding steroid dienone is 9. The third kappa shape index (κ3) is 3.09. The van der Waals surface area contributed by atoms with Crippen LogP contribution in [0, 0.1) is 5.92 Å². The van der Waals surface area contributed by atoms with Gasteiger partial charge in [0.25, 0.3) is 0 Å². The normalized spacial score (nSPS) is 18.1. The van der Waals surface area contributed by atoms with E-state index in [2.05, 4.69) is 111 Å². The van der Waals surface area contributed by atoms with E-state index in [0.717, 1.165) is 12.0 Å². The zero-order chi connectivity index (χ0) is 20.7. The van der Waals surface area contributed by atoms with Crippen LogP contribution in [-0.2, 0) is 0 Å². The molecule has 0 N–H and O–H groups in total. The molecule has 0 heterocycles. The van der Waals surface area contributed by atoms with Crippen LogP contribution in [0.5, 0.6) is 0 Å². The quantitative estimate of drug-likeness (QED) is 0.396. The third-order valence-corrected chi connectivity index (χ3v) is 6.31. The van der Waals surface area contributed by atoms with Gasteiger partial charge >= 0.3 is 0 Å². The summed E-state index contributed by atoms with van der Waals surface area (Å²) in [5, 5.41) is 2.67. The Bertz CT molecular complexity index is 1270. The van der Waals surface area contributed by atoms with Crippen LogP contribution in [0.4, 0.5) is 0 Å². The topological polar surface area (TPSA) is 0 Å². The Morgan fingerprint density at radius 3 is 2.37 bits per heavy atom. The van der Waals surface area contributed by atoms with Crippen LogP contribution in [0.2, 0.25) is 0 Å². The van der Waals surface area contributed by atoms with Gasteiger partial charge in [0.15, 0.2) is 0 Å². The lowest BCUT2D eigenvalue weighted by Gasteiger charge is -2.16. The maximum absolute atomic E-state index is 4.44. The van der Waals surface area contributed by atoms with E-state index in [4.69, 9.17) is 0 Å². The van der Waals surface area contributed by atoms with Crippen molar-refractivity contribution < 1.29 is 0 Å². The molecule has 0 nitrogen and oxygen atoms in total. The van der Waals surface area contributed by atoms with Gasteiger partial charge in [-0.1, -0.05) is 98.5 Å². The van der Waals surface area contributed by atoms with E-state index in [1.807, 2.05) is 0 Å². The van der Waals surface area contributed by atoms with Gasteiger partial charge in [0.05, 0.1) is 0 Å². The Balaban J connectivity index is 1.70. The van der Waals surface area contributed by atoms with Gasteiger partial charge in [0.2, 0.25) is 0 Å². The zero-order valence-corrected chi connectivity index (χ0v) is 17.7. The number of benzene rings is 3. The summed E-state index contributed by atoms with van der Waals surface area (Å²) < 4.78 is 0. The third-order valence-electron chi connectivity index (χ3n) is 6.31. The van der Waals surface area contributed by atoms with Crippen molar-refractivity contribution >= 4 is 27.5 Å². The minimum absolute atomic E-state index is 0.603. The second-order valence-electron chi connectivity index (χ2n) is 8.39. The van der Waals surface area contributed by atoms with Gasteiger partial charge in [-0.25, -0.2) is 0 Å². The number of hydrogen-bond donors (Lipinski definition) is 0. The van der Waals surface area contributed by atoms with E-state index >= 15 is 0 Å². The average Bonchev–Trinajstić information content (AvgIpc) is 3.07. The Morgan fingerprint density at radius 1 is 0.933 bits per heavy atom. The first-order valence-corrected chi connectivity index (χ1v) is 10.7. The van der Waals surface area contributed by atoms with Crippen molar-refractivity contribution in [2.24, 2.45) is 5.92 Å². The average molecular weight is 387 g/mol. The van der Waals surface area contributed by atoms with Crippen molar-refractivity contribution in [2.45, 2.75) is 20.3 Å². The summed E-state index contributed by atoms with van der Waals surface area (Å²) in [5.41, 5.74) is 10.1. The molecule has 0 saturated heterocycles. The lowest BCUT2D eigenvalue weighted by atomic mass is 9.88. The summed E-state index contributed by atoms with van der Waals surface area (Å²) in [4.78, 5) is 0. The molecular weight excluding hydrogens is 360 g/mol. The predicted molar refractivity (Wildman–Crippen MR) is 131 cm³/mol. The van der Waals surface area contributed by atoms with Gasteiger partial charge in [-0.15, -0.1) is 0 Å². The van der Waals surface area contributed by atoms with Crippen LogP contribution in [0.1, 0.15) is 37.0 Å². The SMILES string of the molecule is C=C(/C=C(\C1=C(C)c2cccc3cccc1c23)c1ccccc1)C1=CCC(C)C=C1. The highest BCUT2D eigenvalue weighted by atomic mass is 14.3. The Morgan fingerprint density at radius 2 is 1.67 bits per heavy atom. The minimum atomic E-state index is 0.603. The lowest BCUT2D eigenvalue weighted by molar-refractivity contribution is 0.732. The van der Waals surface area contributed by atoms with Crippen molar-refractivity contribution in [1.82, 2.24) is 0 Å². The molecule has 0 spiro atoms. The lowest BCUT2D eigenvalue weighted by Crippen LogP contribution is -1.97. The monoisotopic (exact) mass is 386 g/mol. The predicted octanol–water partition coefficient (Wildman–Crippen LogP) is 8.25. The molecule has 0 bridgehead atoms. The second-order valence-corrected chi connectivity index (χ2v) is 8.39. The smallest absolute Gasteiger partial charge is 0.00296 e. The molecule has 1 unspecified atom stereocenters. The van der Waals surface area contributed by atoms with Crippen LogP contribution in [0.25, 0.3) is 27.5 Å². The van der Waals surface area contributed by atoms with E-state index in [9.17, 15) is 0 Å². The molecule has 1 atom stereocenters. The highest BCUT2D eigenvalue weighted by Crippen LogP contribution is 2.48. The second kappa shape index (κ2) is 7.46. The van der Waals surface area contributed by atoms with E-state index in [-0.39, 0.29) is 0 Å². The van der Waals surface area contributed by atoms with Crippen LogP contribution < -0.4 is 0 Å². The van der Waals surface area contributed by atoms with Gasteiger partial charge in [-0.05, 0) is 80.7 Å². The van der Waals surface area contributed by atoms with E-state index < -0.39 is 0 Å². The van der Waals surface area contributed by atoms with Crippen LogP contribution in [-0.4, -0.2) is 0 Å². The summed E-state index contributed by atoms with van der Waals surface area (Å²) in [6, 6.07) is 24.0. The fourth-order valence-electron chi connectivity index (χ4n) is 4.69. The molecule has 3 aromatic rings. The molecule has 0 amide bonds. The van der Waals surface area contributed by atoms with Crippen LogP contribution in [0.15, 0.2) is 109 Å². The van der Waals surface area contributed by atoms with Gasteiger partial charge < -0.3 is 0 Å². The molecule has 0 aromatic heterocycles. The molecule has 2 aliphatic carbocycles. The van der Waals surface area contributed by atoms with Crippen LogP contribution in [0.3, 0.4) is 0 Å². The van der Waals surface area contributed by atoms with Crippen molar-refractivity contribution in [3.63, 3.8) is 0 Å². The van der Waals surface area contributed by atoms with Crippen LogP contribution >= 0.6 is 0 Å². The summed E-state index contributed by atoms with van der Waals surface area (Å²) in [5.74, 6) is 0.603. The molecule has 0 heteroatoms. The van der Waals surface area contributed by atoms with E-state index in [1.165, 1.54) is 49.8 Å². The molecular formula is C30H26. The molecule has 0 saturated carbocycles. The van der Waals surface area contributed by atoms with Gasteiger partial charge in [0, 0.05) is 0 Å². The fraction of sp³-hybridized carbons (Fsp3) is 0.133. The summed E-state index contributed by atoms with van der Waals surface area (Å²) in [6.07, 6.45) is 10.2. The standard InChI is InChI=1S/C30H26/c1-20-15-17-23(18-16-20)21(2)19-28(24-9-5-4-6-10-24)29-22(3)26-13-7-11-25-12-8-14-27(29)30(25)26/h4-15,17-20H,2,16H2,1,3H3/b28-19-. The Kier molecular flexibility index (Phi) is 4.64. The summed E-state index contributed by atoms with van der Waals surface area (Å²) in [6.45, 7) is 8.95. The number of hydrogen-bond acceptors (Lipinski definition) is 0. The molecule has 0 fully saturated rings. The molecule has 2 aliphatic rings. The maximum atomic E-state index is 4.44. The van der Waals surface area contributed by atoms with Gasteiger partial charge in [-0.2, -0.15) is 0 Å². The summed E-state index contributed by atoms with van der Waals surface area (Å²) >= 11 is 0. The van der Waals surface area contributed by atoms with E-state index in [0.29, 0.717) is 5.92 Å². The molecule has 30 heavy (non-hydrogen) atoms. The highest BCUT2D eigenvalue weighted by molar-refractivity contribution is 6.25. The maximum Gasteiger partial charge on any atom is -0.00296 e. The Labute approximate surface area is 179 Å². The largest absolute Gasteiger partial charge is 0.0911 e.